The van der Waals surface area contributed by atoms with Crippen LogP contribution in [-0.2, 0) is 4.79 Å². The Morgan fingerprint density at radius 1 is 1.19 bits per heavy atom. The minimum Gasteiger partial charge on any atom is -0.342 e. The summed E-state index contributed by atoms with van der Waals surface area (Å²) in [5.41, 5.74) is 1.10. The quantitative estimate of drug-likeness (QED) is 0.765. The lowest BCUT2D eigenvalue weighted by Gasteiger charge is -2.20. The van der Waals surface area contributed by atoms with Crippen molar-refractivity contribution in [3.8, 4) is 6.07 Å². The van der Waals surface area contributed by atoms with E-state index in [9.17, 15) is 9.59 Å². The number of hydrogen-bond donors (Lipinski definition) is 0. The van der Waals surface area contributed by atoms with Crippen LogP contribution in [0.1, 0.15) is 28.8 Å². The van der Waals surface area contributed by atoms with Gasteiger partial charge in [0.05, 0.1) is 24.7 Å². The van der Waals surface area contributed by atoms with Gasteiger partial charge in [-0.2, -0.15) is 5.26 Å². The highest BCUT2D eigenvalue weighted by atomic mass is 16.2. The number of nitrogens with zero attached hydrogens (tertiary/aromatic N) is 3. The summed E-state index contributed by atoms with van der Waals surface area (Å²) >= 11 is 0. The first kappa shape index (κ1) is 15.2. The molecule has 0 spiro atoms. The molecule has 1 heterocycles. The third kappa shape index (κ3) is 4.14. The van der Waals surface area contributed by atoms with Gasteiger partial charge in [-0.1, -0.05) is 12.1 Å². The number of carbonyl (C=O) groups is 2. The molecule has 0 N–H and O–H groups in total. The molecule has 0 atom stereocenters. The van der Waals surface area contributed by atoms with E-state index in [4.69, 9.17) is 5.26 Å². The second kappa shape index (κ2) is 7.00. The van der Waals surface area contributed by atoms with Gasteiger partial charge in [0.1, 0.15) is 0 Å². The molecule has 1 aliphatic rings. The van der Waals surface area contributed by atoms with Crippen molar-refractivity contribution in [2.45, 2.75) is 12.8 Å². The Morgan fingerprint density at radius 2 is 1.81 bits per heavy atom. The fourth-order valence-electron chi connectivity index (χ4n) is 2.42. The molecule has 1 aromatic rings. The first-order valence-electron chi connectivity index (χ1n) is 7.10. The molecule has 0 radical (unpaired) electrons. The van der Waals surface area contributed by atoms with Gasteiger partial charge in [-0.15, -0.1) is 0 Å². The van der Waals surface area contributed by atoms with Gasteiger partial charge in [-0.05, 0) is 32.0 Å². The van der Waals surface area contributed by atoms with Crippen molar-refractivity contribution in [1.82, 2.24) is 9.80 Å². The van der Waals surface area contributed by atoms with Crippen LogP contribution in [0.25, 0.3) is 0 Å². The van der Waals surface area contributed by atoms with Gasteiger partial charge in [0.15, 0.2) is 5.78 Å². The van der Waals surface area contributed by atoms with E-state index < -0.39 is 0 Å². The predicted molar refractivity (Wildman–Crippen MR) is 78.8 cm³/mol. The Bertz CT molecular complexity index is 554. The minimum absolute atomic E-state index is 0.0452. The van der Waals surface area contributed by atoms with E-state index >= 15 is 0 Å². The number of ketones is 1. The number of likely N-dealkylation sites (N-methyl/N-ethyl adjacent to an activating group) is 1. The van der Waals surface area contributed by atoms with Crippen LogP contribution < -0.4 is 0 Å². The molecule has 1 fully saturated rings. The fraction of sp³-hybridized carbons (Fsp3) is 0.438. The summed E-state index contributed by atoms with van der Waals surface area (Å²) < 4.78 is 0. The van der Waals surface area contributed by atoms with Crippen molar-refractivity contribution >= 4 is 11.7 Å². The van der Waals surface area contributed by atoms with E-state index in [1.165, 1.54) is 0 Å². The number of carbonyl (C=O) groups excluding carboxylic acids is 2. The molecule has 0 saturated carbocycles. The second-order valence-corrected chi connectivity index (χ2v) is 5.37. The maximum absolute atomic E-state index is 12.1. The number of Topliss-reactive ketones (excluding diaryl/α,β-unsaturated/α-hetero) is 1. The summed E-state index contributed by atoms with van der Waals surface area (Å²) in [5, 5.41) is 8.73. The van der Waals surface area contributed by atoms with E-state index in [1.807, 2.05) is 11.0 Å². The van der Waals surface area contributed by atoms with E-state index in [-0.39, 0.29) is 24.8 Å². The Balaban J connectivity index is 1.86. The summed E-state index contributed by atoms with van der Waals surface area (Å²) in [5.74, 6) is 0.0406. The van der Waals surface area contributed by atoms with Crippen LogP contribution in [0.5, 0.6) is 0 Å². The Kier molecular flexibility index (Phi) is 5.07. The SMILES string of the molecule is CN(CC(=O)c1ccc(C#N)cc1)CC(=O)N1CCCC1. The lowest BCUT2D eigenvalue weighted by Crippen LogP contribution is -2.39. The van der Waals surface area contributed by atoms with E-state index in [0.717, 1.165) is 25.9 Å². The topological polar surface area (TPSA) is 64.4 Å². The van der Waals surface area contributed by atoms with Crippen molar-refractivity contribution < 1.29 is 9.59 Å². The molecule has 21 heavy (non-hydrogen) atoms. The molecule has 1 aliphatic heterocycles. The Labute approximate surface area is 124 Å². The lowest BCUT2D eigenvalue weighted by atomic mass is 10.1. The van der Waals surface area contributed by atoms with Crippen LogP contribution in [0.3, 0.4) is 0 Å². The summed E-state index contributed by atoms with van der Waals surface area (Å²) in [4.78, 5) is 27.7. The number of nitriles is 1. The smallest absolute Gasteiger partial charge is 0.236 e. The maximum atomic E-state index is 12.1. The van der Waals surface area contributed by atoms with Gasteiger partial charge < -0.3 is 4.90 Å². The number of benzene rings is 1. The average molecular weight is 285 g/mol. The summed E-state index contributed by atoms with van der Waals surface area (Å²) in [7, 11) is 1.77. The highest BCUT2D eigenvalue weighted by Crippen LogP contribution is 2.08. The van der Waals surface area contributed by atoms with Gasteiger partial charge in [0, 0.05) is 18.7 Å². The first-order chi connectivity index (χ1) is 10.1. The van der Waals surface area contributed by atoms with Gasteiger partial charge in [0.25, 0.3) is 0 Å². The maximum Gasteiger partial charge on any atom is 0.236 e. The Morgan fingerprint density at radius 3 is 2.38 bits per heavy atom. The molecule has 5 heteroatoms. The van der Waals surface area contributed by atoms with Gasteiger partial charge in [-0.3, -0.25) is 14.5 Å². The zero-order valence-electron chi connectivity index (χ0n) is 12.2. The van der Waals surface area contributed by atoms with E-state index in [0.29, 0.717) is 11.1 Å². The van der Waals surface area contributed by atoms with Crippen LogP contribution in [0.15, 0.2) is 24.3 Å². The fourth-order valence-corrected chi connectivity index (χ4v) is 2.42. The summed E-state index contributed by atoms with van der Waals surface area (Å²) in [6.45, 7) is 2.12. The van der Waals surface area contributed by atoms with Crippen molar-refractivity contribution in [3.63, 3.8) is 0 Å². The normalized spacial score (nSPS) is 14.2. The van der Waals surface area contributed by atoms with Crippen LogP contribution in [0.4, 0.5) is 0 Å². The number of hydrogen-bond acceptors (Lipinski definition) is 4. The van der Waals surface area contributed by atoms with Gasteiger partial charge in [0.2, 0.25) is 5.91 Å². The minimum atomic E-state index is -0.0452. The standard InChI is InChI=1S/C16H19N3O2/c1-18(12-16(21)19-8-2-3-9-19)11-15(20)14-6-4-13(10-17)5-7-14/h4-7H,2-3,8-9,11-12H2,1H3. The second-order valence-electron chi connectivity index (χ2n) is 5.37. The molecular weight excluding hydrogens is 266 g/mol. The number of likely N-dealkylation sites (tertiary alicyclic amines) is 1. The molecule has 1 saturated heterocycles. The molecule has 0 bridgehead atoms. The molecule has 5 nitrogen and oxygen atoms in total. The van der Waals surface area contributed by atoms with Crippen LogP contribution in [-0.4, -0.2) is 54.7 Å². The molecule has 110 valence electrons. The van der Waals surface area contributed by atoms with E-state index in [1.54, 1.807) is 36.2 Å². The molecule has 2 rings (SSSR count). The molecule has 0 unspecified atom stereocenters. The third-order valence-corrected chi connectivity index (χ3v) is 3.61. The average Bonchev–Trinajstić information content (AvgIpc) is 3.01. The van der Waals surface area contributed by atoms with Gasteiger partial charge in [-0.25, -0.2) is 0 Å². The van der Waals surface area contributed by atoms with Crippen LogP contribution in [0.2, 0.25) is 0 Å². The summed E-state index contributed by atoms with van der Waals surface area (Å²) in [6.07, 6.45) is 2.14. The van der Waals surface area contributed by atoms with Gasteiger partial charge >= 0.3 is 0 Å². The molecule has 0 aromatic heterocycles. The lowest BCUT2D eigenvalue weighted by molar-refractivity contribution is -0.130. The van der Waals surface area contributed by atoms with Crippen molar-refractivity contribution in [1.29, 1.82) is 5.26 Å². The zero-order chi connectivity index (χ0) is 15.2. The van der Waals surface area contributed by atoms with Crippen molar-refractivity contribution in [2.75, 3.05) is 33.2 Å². The molecular formula is C16H19N3O2. The highest BCUT2D eigenvalue weighted by Gasteiger charge is 2.20. The largest absolute Gasteiger partial charge is 0.342 e. The van der Waals surface area contributed by atoms with Crippen molar-refractivity contribution in [2.24, 2.45) is 0 Å². The molecule has 1 aromatic carbocycles. The predicted octanol–water partition coefficient (Wildman–Crippen LogP) is 1.30. The first-order valence-corrected chi connectivity index (χ1v) is 7.10. The van der Waals surface area contributed by atoms with E-state index in [2.05, 4.69) is 0 Å². The van der Waals surface area contributed by atoms with Crippen molar-refractivity contribution in [3.05, 3.63) is 35.4 Å². The highest BCUT2D eigenvalue weighted by molar-refractivity contribution is 5.97. The van der Waals surface area contributed by atoms with Crippen LogP contribution in [0, 0.1) is 11.3 Å². The number of rotatable bonds is 5. The summed E-state index contributed by atoms with van der Waals surface area (Å²) in [6, 6.07) is 8.57. The zero-order valence-corrected chi connectivity index (χ0v) is 12.2. The molecule has 1 amide bonds. The monoisotopic (exact) mass is 285 g/mol. The van der Waals surface area contributed by atoms with Crippen LogP contribution >= 0.6 is 0 Å². The Hall–Kier alpha value is -2.19. The third-order valence-electron chi connectivity index (χ3n) is 3.61. The molecule has 0 aliphatic carbocycles. The number of amides is 1.